The molecule has 1 aliphatic rings. The Kier molecular flexibility index (Phi) is 3.48. The van der Waals surface area contributed by atoms with Gasteiger partial charge in [-0.15, -0.1) is 0 Å². The summed E-state index contributed by atoms with van der Waals surface area (Å²) >= 11 is 0. The molecule has 0 aromatic carbocycles. The minimum absolute atomic E-state index is 0.646. The normalized spacial score (nSPS) is 34.5. The third kappa shape index (κ3) is 2.11. The lowest BCUT2D eigenvalue weighted by molar-refractivity contribution is 0.177. The zero-order valence-electron chi connectivity index (χ0n) is 9.54. The van der Waals surface area contributed by atoms with Gasteiger partial charge in [-0.2, -0.15) is 0 Å². The molecule has 1 rings (SSSR count). The molecule has 0 N–H and O–H groups in total. The minimum atomic E-state index is 0.646. The van der Waals surface area contributed by atoms with Gasteiger partial charge in [-0.25, -0.2) is 0 Å². The van der Waals surface area contributed by atoms with Crippen molar-refractivity contribution in [3.8, 4) is 0 Å². The summed E-state index contributed by atoms with van der Waals surface area (Å²) in [5.41, 5.74) is 1.42. The monoisotopic (exact) mass is 182 g/mol. The van der Waals surface area contributed by atoms with Gasteiger partial charge in [-0.1, -0.05) is 13.8 Å². The van der Waals surface area contributed by atoms with Crippen LogP contribution in [0.2, 0.25) is 0 Å². The van der Waals surface area contributed by atoms with Gasteiger partial charge in [0.1, 0.15) is 0 Å². The molecule has 2 unspecified atom stereocenters. The molecule has 2 atom stereocenters. The third-order valence-electron chi connectivity index (χ3n) is 3.33. The van der Waals surface area contributed by atoms with Crippen LogP contribution in [0.3, 0.4) is 0 Å². The molecule has 0 aliphatic carbocycles. The zero-order chi connectivity index (χ0) is 10.0. The first-order chi connectivity index (χ1) is 6.07. The zero-order valence-corrected chi connectivity index (χ0v) is 9.54. The molecule has 13 heavy (non-hydrogen) atoms. The van der Waals surface area contributed by atoms with Crippen molar-refractivity contribution in [3.63, 3.8) is 0 Å². The van der Waals surface area contributed by atoms with E-state index in [4.69, 9.17) is 0 Å². The van der Waals surface area contributed by atoms with E-state index in [1.165, 1.54) is 5.71 Å². The number of nitrogens with zero attached hydrogens (tertiary/aromatic N) is 2. The molecule has 76 valence electrons. The second-order valence-electron chi connectivity index (χ2n) is 4.46. The average molecular weight is 182 g/mol. The van der Waals surface area contributed by atoms with Crippen LogP contribution >= 0.6 is 0 Å². The first-order valence-corrected chi connectivity index (χ1v) is 5.23. The fourth-order valence-electron chi connectivity index (χ4n) is 2.42. The largest absolute Gasteiger partial charge is 0.303 e. The number of likely N-dealkylation sites (tertiary alicyclic amines) is 1. The molecule has 0 aromatic heterocycles. The fourth-order valence-corrected chi connectivity index (χ4v) is 2.42. The molecule has 2 nitrogen and oxygen atoms in total. The summed E-state index contributed by atoms with van der Waals surface area (Å²) in [6.45, 7) is 8.07. The Balaban J connectivity index is 2.81. The van der Waals surface area contributed by atoms with Gasteiger partial charge in [-0.3, -0.25) is 4.99 Å². The lowest BCUT2D eigenvalue weighted by Gasteiger charge is -2.40. The van der Waals surface area contributed by atoms with Crippen molar-refractivity contribution in [1.29, 1.82) is 0 Å². The molecule has 1 aliphatic heterocycles. The van der Waals surface area contributed by atoms with Gasteiger partial charge < -0.3 is 4.90 Å². The number of rotatable bonds is 1. The highest BCUT2D eigenvalue weighted by molar-refractivity contribution is 5.88. The van der Waals surface area contributed by atoms with Crippen LogP contribution in [0.15, 0.2) is 4.99 Å². The smallest absolute Gasteiger partial charge is 0.0276 e. The summed E-state index contributed by atoms with van der Waals surface area (Å²) in [5.74, 6) is 1.36. The van der Waals surface area contributed by atoms with Crippen molar-refractivity contribution < 1.29 is 0 Å². The van der Waals surface area contributed by atoms with Crippen molar-refractivity contribution in [2.45, 2.75) is 33.2 Å². The highest BCUT2D eigenvalue weighted by Gasteiger charge is 2.32. The molecule has 0 bridgehead atoms. The quantitative estimate of drug-likeness (QED) is 0.606. The van der Waals surface area contributed by atoms with E-state index >= 15 is 0 Å². The predicted octanol–water partition coefficient (Wildman–Crippen LogP) is 2.05. The van der Waals surface area contributed by atoms with E-state index in [9.17, 15) is 0 Å². The minimum Gasteiger partial charge on any atom is -0.303 e. The maximum absolute atomic E-state index is 4.43. The Morgan fingerprint density at radius 1 is 1.46 bits per heavy atom. The molecular formula is C11H22N2. The van der Waals surface area contributed by atoms with E-state index in [1.807, 2.05) is 7.05 Å². The molecule has 0 amide bonds. The summed E-state index contributed by atoms with van der Waals surface area (Å²) < 4.78 is 0. The topological polar surface area (TPSA) is 15.6 Å². The van der Waals surface area contributed by atoms with Gasteiger partial charge in [0.15, 0.2) is 0 Å². The van der Waals surface area contributed by atoms with Crippen LogP contribution in [0, 0.1) is 11.8 Å². The van der Waals surface area contributed by atoms with E-state index < -0.39 is 0 Å². The molecule has 1 saturated heterocycles. The van der Waals surface area contributed by atoms with Crippen LogP contribution in [0.1, 0.15) is 27.2 Å². The first-order valence-electron chi connectivity index (χ1n) is 5.23. The Hall–Kier alpha value is -0.370. The predicted molar refractivity (Wildman–Crippen MR) is 58.4 cm³/mol. The van der Waals surface area contributed by atoms with E-state index in [1.54, 1.807) is 0 Å². The average Bonchev–Trinajstić information content (AvgIpc) is 2.08. The highest BCUT2D eigenvalue weighted by atomic mass is 15.1. The summed E-state index contributed by atoms with van der Waals surface area (Å²) in [4.78, 5) is 6.87. The lowest BCUT2D eigenvalue weighted by atomic mass is 9.80. The maximum atomic E-state index is 4.43. The van der Waals surface area contributed by atoms with Crippen LogP contribution in [0.5, 0.6) is 0 Å². The van der Waals surface area contributed by atoms with E-state index in [0.717, 1.165) is 13.0 Å². The van der Waals surface area contributed by atoms with Crippen molar-refractivity contribution in [2.24, 2.45) is 16.8 Å². The number of hydrogen-bond donors (Lipinski definition) is 0. The Morgan fingerprint density at radius 2 is 2.08 bits per heavy atom. The van der Waals surface area contributed by atoms with Crippen LogP contribution in [0.25, 0.3) is 0 Å². The number of piperidine rings is 1. The Morgan fingerprint density at radius 3 is 2.54 bits per heavy atom. The van der Waals surface area contributed by atoms with E-state index in [-0.39, 0.29) is 0 Å². The van der Waals surface area contributed by atoms with Crippen molar-refractivity contribution in [3.05, 3.63) is 0 Å². The van der Waals surface area contributed by atoms with Gasteiger partial charge in [0, 0.05) is 31.3 Å². The molecule has 2 heteroatoms. The summed E-state index contributed by atoms with van der Waals surface area (Å²) in [6.07, 6.45) is 1.15. The molecule has 0 saturated carbocycles. The van der Waals surface area contributed by atoms with Crippen LogP contribution in [-0.4, -0.2) is 37.3 Å². The van der Waals surface area contributed by atoms with Gasteiger partial charge in [0.25, 0.3) is 0 Å². The number of aliphatic imine (C=N–C) groups is 1. The Bertz CT molecular complexity index is 196. The summed E-state index contributed by atoms with van der Waals surface area (Å²) in [5, 5.41) is 0. The first kappa shape index (κ1) is 10.7. The molecule has 0 aromatic rings. The second-order valence-corrected chi connectivity index (χ2v) is 4.46. The molecular weight excluding hydrogens is 160 g/mol. The van der Waals surface area contributed by atoms with Gasteiger partial charge in [0.05, 0.1) is 0 Å². The molecule has 0 spiro atoms. The van der Waals surface area contributed by atoms with Gasteiger partial charge in [-0.05, 0) is 26.3 Å². The molecule has 0 radical (unpaired) electrons. The summed E-state index contributed by atoms with van der Waals surface area (Å²) in [7, 11) is 4.15. The van der Waals surface area contributed by atoms with Gasteiger partial charge >= 0.3 is 0 Å². The van der Waals surface area contributed by atoms with E-state index in [2.05, 4.69) is 37.7 Å². The molecule has 1 heterocycles. The maximum Gasteiger partial charge on any atom is 0.0276 e. The van der Waals surface area contributed by atoms with Crippen molar-refractivity contribution in [1.82, 2.24) is 4.90 Å². The van der Waals surface area contributed by atoms with Crippen LogP contribution < -0.4 is 0 Å². The molecule has 1 fully saturated rings. The standard InChI is InChI=1S/C11H22N2/c1-8(2)11-9(3)13(5)7-6-10(11)12-4/h8-9,11H,6-7H2,1-5H3. The summed E-state index contributed by atoms with van der Waals surface area (Å²) in [6, 6.07) is 0.646. The Labute approximate surface area is 82.0 Å². The van der Waals surface area contributed by atoms with Crippen LogP contribution in [-0.2, 0) is 0 Å². The third-order valence-corrected chi connectivity index (χ3v) is 3.33. The van der Waals surface area contributed by atoms with E-state index in [0.29, 0.717) is 17.9 Å². The van der Waals surface area contributed by atoms with Crippen molar-refractivity contribution in [2.75, 3.05) is 20.6 Å². The second kappa shape index (κ2) is 4.23. The lowest BCUT2D eigenvalue weighted by Crippen LogP contribution is -2.47. The SMILES string of the molecule is CN=C1CCN(C)C(C)C1C(C)C. The fraction of sp³-hybridized carbons (Fsp3) is 0.909. The van der Waals surface area contributed by atoms with Crippen LogP contribution in [0.4, 0.5) is 0 Å². The van der Waals surface area contributed by atoms with Crippen molar-refractivity contribution >= 4 is 5.71 Å². The highest BCUT2D eigenvalue weighted by Crippen LogP contribution is 2.26. The van der Waals surface area contributed by atoms with Gasteiger partial charge in [0.2, 0.25) is 0 Å². The number of hydrogen-bond acceptors (Lipinski definition) is 2.